The van der Waals surface area contributed by atoms with Crippen LogP contribution in [0, 0.1) is 0 Å². The highest BCUT2D eigenvalue weighted by molar-refractivity contribution is 5.08. The first-order chi connectivity index (χ1) is 7.11. The van der Waals surface area contributed by atoms with E-state index in [-0.39, 0.29) is 0 Å². The number of pyridine rings is 1. The van der Waals surface area contributed by atoms with Crippen LogP contribution in [0.3, 0.4) is 0 Å². The van der Waals surface area contributed by atoms with E-state index in [9.17, 15) is 0 Å². The molecule has 0 saturated carbocycles. The molecule has 0 N–H and O–H groups in total. The standard InChI is InChI=1S/C13H20N2/c1-11(2)8-10-15(4)12(3)13-7-5-6-9-14-13/h5-9,12H,10H2,1-4H3/t12-/m0/s1. The molecule has 1 aromatic heterocycles. The third-order valence-electron chi connectivity index (χ3n) is 2.56. The fourth-order valence-electron chi connectivity index (χ4n) is 1.33. The topological polar surface area (TPSA) is 16.1 Å². The molecule has 0 saturated heterocycles. The van der Waals surface area contributed by atoms with Crippen molar-refractivity contribution in [3.8, 4) is 0 Å². The lowest BCUT2D eigenvalue weighted by Crippen LogP contribution is -2.23. The van der Waals surface area contributed by atoms with Crippen LogP contribution in [0.5, 0.6) is 0 Å². The van der Waals surface area contributed by atoms with Gasteiger partial charge in [0, 0.05) is 18.8 Å². The van der Waals surface area contributed by atoms with E-state index in [0.29, 0.717) is 6.04 Å². The number of hydrogen-bond donors (Lipinski definition) is 0. The first-order valence-electron chi connectivity index (χ1n) is 5.36. The van der Waals surface area contributed by atoms with Crippen LogP contribution in [0.2, 0.25) is 0 Å². The summed E-state index contributed by atoms with van der Waals surface area (Å²) < 4.78 is 0. The Balaban J connectivity index is 2.61. The van der Waals surface area contributed by atoms with Crippen molar-refractivity contribution in [2.75, 3.05) is 13.6 Å². The van der Waals surface area contributed by atoms with Gasteiger partial charge in [-0.25, -0.2) is 0 Å². The maximum Gasteiger partial charge on any atom is 0.0572 e. The van der Waals surface area contributed by atoms with Crippen LogP contribution >= 0.6 is 0 Å². The zero-order valence-electron chi connectivity index (χ0n) is 10.1. The van der Waals surface area contributed by atoms with E-state index in [1.165, 1.54) is 5.57 Å². The average molecular weight is 204 g/mol. The third-order valence-corrected chi connectivity index (χ3v) is 2.56. The van der Waals surface area contributed by atoms with E-state index in [4.69, 9.17) is 0 Å². The van der Waals surface area contributed by atoms with Crippen LogP contribution in [0.4, 0.5) is 0 Å². The molecule has 0 aliphatic carbocycles. The number of likely N-dealkylation sites (N-methyl/N-ethyl adjacent to an activating group) is 1. The van der Waals surface area contributed by atoms with Crippen molar-refractivity contribution in [1.29, 1.82) is 0 Å². The van der Waals surface area contributed by atoms with Crippen molar-refractivity contribution in [1.82, 2.24) is 9.88 Å². The lowest BCUT2D eigenvalue weighted by Gasteiger charge is -2.22. The summed E-state index contributed by atoms with van der Waals surface area (Å²) in [7, 11) is 2.12. The first kappa shape index (κ1) is 11.9. The van der Waals surface area contributed by atoms with E-state index in [1.807, 2.05) is 18.3 Å². The van der Waals surface area contributed by atoms with E-state index in [1.54, 1.807) is 0 Å². The average Bonchev–Trinajstić information content (AvgIpc) is 2.26. The van der Waals surface area contributed by atoms with E-state index in [0.717, 1.165) is 12.2 Å². The Kier molecular flexibility index (Phi) is 4.50. The highest BCUT2D eigenvalue weighted by Crippen LogP contribution is 2.15. The second-order valence-electron chi connectivity index (χ2n) is 4.15. The summed E-state index contributed by atoms with van der Waals surface area (Å²) in [5, 5.41) is 0. The fourth-order valence-corrected chi connectivity index (χ4v) is 1.33. The lowest BCUT2D eigenvalue weighted by molar-refractivity contribution is 0.284. The summed E-state index contributed by atoms with van der Waals surface area (Å²) >= 11 is 0. The van der Waals surface area contributed by atoms with Gasteiger partial charge < -0.3 is 0 Å². The molecule has 1 rings (SSSR count). The fraction of sp³-hybridized carbons (Fsp3) is 0.462. The molecule has 82 valence electrons. The molecule has 0 aromatic carbocycles. The third kappa shape index (κ3) is 3.84. The molecule has 1 aromatic rings. The van der Waals surface area contributed by atoms with Gasteiger partial charge >= 0.3 is 0 Å². The van der Waals surface area contributed by atoms with E-state index < -0.39 is 0 Å². The molecule has 0 fully saturated rings. The largest absolute Gasteiger partial charge is 0.294 e. The molecule has 0 amide bonds. The van der Waals surface area contributed by atoms with E-state index >= 15 is 0 Å². The maximum absolute atomic E-state index is 4.36. The Morgan fingerprint density at radius 2 is 2.20 bits per heavy atom. The number of rotatable bonds is 4. The summed E-state index contributed by atoms with van der Waals surface area (Å²) in [6, 6.07) is 6.42. The maximum atomic E-state index is 4.36. The van der Waals surface area contributed by atoms with Gasteiger partial charge in [-0.05, 0) is 40.0 Å². The zero-order valence-corrected chi connectivity index (χ0v) is 10.1. The van der Waals surface area contributed by atoms with Gasteiger partial charge in [0.2, 0.25) is 0 Å². The second-order valence-corrected chi connectivity index (χ2v) is 4.15. The second kappa shape index (κ2) is 5.66. The first-order valence-corrected chi connectivity index (χ1v) is 5.36. The van der Waals surface area contributed by atoms with Gasteiger partial charge in [-0.1, -0.05) is 17.7 Å². The molecule has 0 aliphatic rings. The van der Waals surface area contributed by atoms with Crippen LogP contribution in [0.25, 0.3) is 0 Å². The highest BCUT2D eigenvalue weighted by atomic mass is 15.1. The van der Waals surface area contributed by atoms with Crippen LogP contribution in [0.15, 0.2) is 36.0 Å². The SMILES string of the molecule is CC(C)=CCN(C)[C@@H](C)c1ccccn1. The normalized spacial score (nSPS) is 12.6. The van der Waals surface area contributed by atoms with Crippen molar-refractivity contribution in [3.05, 3.63) is 41.7 Å². The molecule has 1 atom stereocenters. The van der Waals surface area contributed by atoms with Crippen LogP contribution in [-0.4, -0.2) is 23.5 Å². The van der Waals surface area contributed by atoms with Gasteiger partial charge in [0.1, 0.15) is 0 Å². The molecule has 15 heavy (non-hydrogen) atoms. The molecule has 1 heterocycles. The summed E-state index contributed by atoms with van der Waals surface area (Å²) in [5.41, 5.74) is 2.48. The minimum Gasteiger partial charge on any atom is -0.294 e. The smallest absolute Gasteiger partial charge is 0.0572 e. The van der Waals surface area contributed by atoms with Gasteiger partial charge in [-0.2, -0.15) is 0 Å². The van der Waals surface area contributed by atoms with Crippen molar-refractivity contribution in [3.63, 3.8) is 0 Å². The number of aromatic nitrogens is 1. The van der Waals surface area contributed by atoms with Crippen LogP contribution in [0.1, 0.15) is 32.5 Å². The molecule has 0 aliphatic heterocycles. The van der Waals surface area contributed by atoms with Gasteiger partial charge in [0.15, 0.2) is 0 Å². The molecular formula is C13H20N2. The zero-order chi connectivity index (χ0) is 11.3. The van der Waals surface area contributed by atoms with Gasteiger partial charge in [0.05, 0.1) is 5.69 Å². The Morgan fingerprint density at radius 1 is 1.47 bits per heavy atom. The summed E-state index contributed by atoms with van der Waals surface area (Å²) in [6.07, 6.45) is 4.08. The minimum atomic E-state index is 0.363. The van der Waals surface area contributed by atoms with E-state index in [2.05, 4.69) is 49.8 Å². The summed E-state index contributed by atoms with van der Waals surface area (Å²) in [6.45, 7) is 7.40. The molecule has 0 spiro atoms. The van der Waals surface area contributed by atoms with Crippen molar-refractivity contribution >= 4 is 0 Å². The summed E-state index contributed by atoms with van der Waals surface area (Å²) in [5.74, 6) is 0. The Bertz CT molecular complexity index is 313. The molecule has 2 heteroatoms. The predicted octanol–water partition coefficient (Wildman–Crippen LogP) is 3.04. The van der Waals surface area contributed by atoms with Gasteiger partial charge in [-0.15, -0.1) is 0 Å². The molecule has 0 unspecified atom stereocenters. The quantitative estimate of drug-likeness (QED) is 0.701. The van der Waals surface area contributed by atoms with Gasteiger partial charge in [-0.3, -0.25) is 9.88 Å². The van der Waals surface area contributed by atoms with Crippen molar-refractivity contribution in [2.24, 2.45) is 0 Å². The monoisotopic (exact) mass is 204 g/mol. The summed E-state index contributed by atoms with van der Waals surface area (Å²) in [4.78, 5) is 6.65. The number of nitrogens with zero attached hydrogens (tertiary/aromatic N) is 2. The lowest BCUT2D eigenvalue weighted by atomic mass is 10.2. The Hall–Kier alpha value is -1.15. The van der Waals surface area contributed by atoms with Crippen molar-refractivity contribution in [2.45, 2.75) is 26.8 Å². The highest BCUT2D eigenvalue weighted by Gasteiger charge is 2.10. The van der Waals surface area contributed by atoms with Gasteiger partial charge in [0.25, 0.3) is 0 Å². The number of allylic oxidation sites excluding steroid dienone is 1. The molecule has 0 radical (unpaired) electrons. The minimum absolute atomic E-state index is 0.363. The van der Waals surface area contributed by atoms with Crippen LogP contribution in [-0.2, 0) is 0 Å². The molecule has 2 nitrogen and oxygen atoms in total. The molecule has 0 bridgehead atoms. The molecular weight excluding hydrogens is 184 g/mol. The Labute approximate surface area is 92.6 Å². The van der Waals surface area contributed by atoms with Crippen molar-refractivity contribution < 1.29 is 0 Å². The predicted molar refractivity (Wildman–Crippen MR) is 64.7 cm³/mol. The number of hydrogen-bond acceptors (Lipinski definition) is 2. The Morgan fingerprint density at radius 3 is 2.73 bits per heavy atom. The van der Waals surface area contributed by atoms with Crippen LogP contribution < -0.4 is 0 Å².